The van der Waals surface area contributed by atoms with Crippen molar-refractivity contribution in [2.45, 2.75) is 26.4 Å². The molecule has 1 aliphatic heterocycles. The van der Waals surface area contributed by atoms with Crippen molar-refractivity contribution in [3.63, 3.8) is 0 Å². The van der Waals surface area contributed by atoms with E-state index in [4.69, 9.17) is 26.2 Å². The number of rotatable bonds is 6. The van der Waals surface area contributed by atoms with Gasteiger partial charge in [-0.1, -0.05) is 17.7 Å². The summed E-state index contributed by atoms with van der Waals surface area (Å²) in [6.07, 6.45) is 1.25. The number of pyridine rings is 1. The molecular formula is C19H19ClN2O5. The highest BCUT2D eigenvalue weighted by Gasteiger charge is 2.28. The molecule has 1 aromatic heterocycles. The van der Waals surface area contributed by atoms with Crippen LogP contribution in [-0.4, -0.2) is 35.1 Å². The molecule has 0 bridgehead atoms. The van der Waals surface area contributed by atoms with Crippen LogP contribution < -0.4 is 14.4 Å². The number of anilines is 1. The molecule has 0 saturated carbocycles. The van der Waals surface area contributed by atoms with Crippen LogP contribution in [0.4, 0.5) is 5.69 Å². The monoisotopic (exact) mass is 390 g/mol. The van der Waals surface area contributed by atoms with Crippen molar-refractivity contribution >= 4 is 29.2 Å². The van der Waals surface area contributed by atoms with Crippen LogP contribution in [0.15, 0.2) is 30.5 Å². The van der Waals surface area contributed by atoms with E-state index in [1.165, 1.54) is 4.90 Å². The van der Waals surface area contributed by atoms with Gasteiger partial charge in [0.2, 0.25) is 0 Å². The zero-order chi connectivity index (χ0) is 19.6. The molecule has 1 atom stereocenters. The Morgan fingerprint density at radius 3 is 2.89 bits per heavy atom. The van der Waals surface area contributed by atoms with Crippen molar-refractivity contribution in [1.82, 2.24) is 4.98 Å². The van der Waals surface area contributed by atoms with Crippen LogP contribution in [0.2, 0.25) is 5.02 Å². The van der Waals surface area contributed by atoms with Crippen molar-refractivity contribution in [3.05, 3.63) is 46.7 Å². The molecule has 0 spiro atoms. The predicted molar refractivity (Wildman–Crippen MR) is 99.6 cm³/mol. The number of fused-ring (bicyclic) bond motifs is 1. The third kappa shape index (κ3) is 4.31. The number of halogens is 1. The van der Waals surface area contributed by atoms with E-state index in [9.17, 15) is 9.59 Å². The van der Waals surface area contributed by atoms with Crippen molar-refractivity contribution in [2.24, 2.45) is 0 Å². The number of carboxylic acids is 1. The predicted octanol–water partition coefficient (Wildman–Crippen LogP) is 3.38. The molecule has 7 nitrogen and oxygen atoms in total. The van der Waals surface area contributed by atoms with Gasteiger partial charge in [0.05, 0.1) is 22.8 Å². The van der Waals surface area contributed by atoms with Gasteiger partial charge >= 0.3 is 5.97 Å². The van der Waals surface area contributed by atoms with Crippen molar-refractivity contribution < 1.29 is 24.2 Å². The lowest BCUT2D eigenvalue weighted by Gasteiger charge is -2.30. The van der Waals surface area contributed by atoms with Crippen molar-refractivity contribution in [2.75, 3.05) is 18.1 Å². The quantitative estimate of drug-likeness (QED) is 0.813. The molecule has 0 unspecified atom stereocenters. The Bertz CT molecular complexity index is 869. The van der Waals surface area contributed by atoms with Crippen LogP contribution in [0.1, 0.15) is 30.7 Å². The summed E-state index contributed by atoms with van der Waals surface area (Å²) in [4.78, 5) is 28.6. The van der Waals surface area contributed by atoms with Gasteiger partial charge in [-0.25, -0.2) is 0 Å². The highest BCUT2D eigenvalue weighted by Crippen LogP contribution is 2.41. The molecule has 1 amide bonds. The molecule has 1 aromatic carbocycles. The normalized spacial score (nSPS) is 14.3. The molecule has 142 valence electrons. The van der Waals surface area contributed by atoms with E-state index < -0.39 is 5.97 Å². The minimum Gasteiger partial charge on any atom is -0.483 e. The standard InChI is InChI=1S/C19H19ClN2O5/c1-11-3-4-14(21-9-11)12(2)27-16-8-17-15(7-13(16)20)22(6-5-19(24)25)18(23)10-26-17/h3-4,7-9,12H,5-6,10H2,1-2H3,(H,24,25)/t12-/m1/s1. The second kappa shape index (κ2) is 7.84. The Hall–Kier alpha value is -2.80. The molecule has 1 N–H and O–H groups in total. The summed E-state index contributed by atoms with van der Waals surface area (Å²) < 4.78 is 11.4. The molecule has 8 heteroatoms. The molecule has 27 heavy (non-hydrogen) atoms. The average molecular weight is 391 g/mol. The molecule has 3 rings (SSSR count). The summed E-state index contributed by atoms with van der Waals surface area (Å²) >= 11 is 6.34. The number of aliphatic carboxylic acids is 1. The zero-order valence-electron chi connectivity index (χ0n) is 14.9. The second-order valence-corrected chi connectivity index (χ2v) is 6.66. The molecule has 0 saturated heterocycles. The Kier molecular flexibility index (Phi) is 5.51. The van der Waals surface area contributed by atoms with Crippen LogP contribution in [0, 0.1) is 6.92 Å². The Morgan fingerprint density at radius 2 is 2.22 bits per heavy atom. The number of aryl methyl sites for hydroxylation is 1. The minimum absolute atomic E-state index is 0.0464. The lowest BCUT2D eigenvalue weighted by molar-refractivity contribution is -0.136. The minimum atomic E-state index is -0.985. The number of carbonyl (C=O) groups excluding carboxylic acids is 1. The van der Waals surface area contributed by atoms with Gasteiger partial charge in [-0.05, 0) is 31.5 Å². The largest absolute Gasteiger partial charge is 0.483 e. The fraction of sp³-hybridized carbons (Fsp3) is 0.316. The van der Waals surface area contributed by atoms with Crippen LogP contribution in [0.25, 0.3) is 0 Å². The highest BCUT2D eigenvalue weighted by atomic mass is 35.5. The van der Waals surface area contributed by atoms with E-state index in [1.807, 2.05) is 26.0 Å². The van der Waals surface area contributed by atoms with E-state index in [0.29, 0.717) is 22.2 Å². The Labute approximate surface area is 161 Å². The molecule has 1 aliphatic rings. The number of ether oxygens (including phenoxy) is 2. The van der Waals surface area contributed by atoms with Crippen LogP contribution >= 0.6 is 11.6 Å². The molecule has 0 radical (unpaired) electrons. The van der Waals surface area contributed by atoms with Gasteiger partial charge in [0, 0.05) is 18.8 Å². The van der Waals surface area contributed by atoms with E-state index in [0.717, 1.165) is 11.3 Å². The van der Waals surface area contributed by atoms with Crippen LogP contribution in [0.5, 0.6) is 11.5 Å². The number of nitrogens with zero attached hydrogens (tertiary/aromatic N) is 2. The topological polar surface area (TPSA) is 89.0 Å². The first-order chi connectivity index (χ1) is 12.8. The lowest BCUT2D eigenvalue weighted by Crippen LogP contribution is -2.40. The van der Waals surface area contributed by atoms with Crippen LogP contribution in [-0.2, 0) is 9.59 Å². The third-order valence-corrected chi connectivity index (χ3v) is 4.46. The summed E-state index contributed by atoms with van der Waals surface area (Å²) in [5.41, 5.74) is 2.25. The van der Waals surface area contributed by atoms with Crippen molar-refractivity contribution in [3.8, 4) is 11.5 Å². The molecule has 0 aliphatic carbocycles. The molecule has 0 fully saturated rings. The SMILES string of the molecule is Cc1ccc([C@@H](C)Oc2cc3c(cc2Cl)N(CCC(=O)O)C(=O)CO3)nc1. The highest BCUT2D eigenvalue weighted by molar-refractivity contribution is 6.32. The summed E-state index contributed by atoms with van der Waals surface area (Å²) in [7, 11) is 0. The number of hydrogen-bond acceptors (Lipinski definition) is 5. The van der Waals surface area contributed by atoms with Gasteiger partial charge in [-0.2, -0.15) is 0 Å². The van der Waals surface area contributed by atoms with Gasteiger partial charge < -0.3 is 19.5 Å². The molecule has 2 aromatic rings. The molecular weight excluding hydrogens is 372 g/mol. The van der Waals surface area contributed by atoms with Gasteiger partial charge in [0.15, 0.2) is 6.61 Å². The third-order valence-electron chi connectivity index (χ3n) is 4.16. The van der Waals surface area contributed by atoms with E-state index >= 15 is 0 Å². The summed E-state index contributed by atoms with van der Waals surface area (Å²) in [5, 5.41) is 9.18. The molecule has 2 heterocycles. The summed E-state index contributed by atoms with van der Waals surface area (Å²) in [6.45, 7) is 3.70. The number of aromatic nitrogens is 1. The first-order valence-corrected chi connectivity index (χ1v) is 8.80. The number of carbonyl (C=O) groups is 2. The van der Waals surface area contributed by atoms with Gasteiger partial charge in [-0.3, -0.25) is 14.6 Å². The van der Waals surface area contributed by atoms with E-state index in [-0.39, 0.29) is 31.6 Å². The summed E-state index contributed by atoms with van der Waals surface area (Å²) in [5.74, 6) is -0.478. The smallest absolute Gasteiger partial charge is 0.305 e. The lowest BCUT2D eigenvalue weighted by atomic mass is 10.2. The second-order valence-electron chi connectivity index (χ2n) is 6.25. The number of amides is 1. The fourth-order valence-electron chi connectivity index (χ4n) is 2.72. The number of carboxylic acid groups (broad SMARTS) is 1. The fourth-order valence-corrected chi connectivity index (χ4v) is 2.92. The number of hydrogen-bond donors (Lipinski definition) is 1. The van der Waals surface area contributed by atoms with Gasteiger partial charge in [0.1, 0.15) is 17.6 Å². The van der Waals surface area contributed by atoms with Crippen LogP contribution in [0.3, 0.4) is 0 Å². The maximum Gasteiger partial charge on any atom is 0.305 e. The Morgan fingerprint density at radius 1 is 1.44 bits per heavy atom. The maximum absolute atomic E-state index is 12.1. The first-order valence-electron chi connectivity index (χ1n) is 8.43. The van der Waals surface area contributed by atoms with Crippen molar-refractivity contribution in [1.29, 1.82) is 0 Å². The summed E-state index contributed by atoms with van der Waals surface area (Å²) in [6, 6.07) is 7.00. The number of benzene rings is 1. The first kappa shape index (κ1) is 19.0. The van der Waals surface area contributed by atoms with Gasteiger partial charge in [-0.15, -0.1) is 0 Å². The average Bonchev–Trinajstić information content (AvgIpc) is 2.62. The maximum atomic E-state index is 12.1. The van der Waals surface area contributed by atoms with E-state index in [2.05, 4.69) is 4.98 Å². The van der Waals surface area contributed by atoms with Gasteiger partial charge in [0.25, 0.3) is 5.91 Å². The zero-order valence-corrected chi connectivity index (χ0v) is 15.7. The van der Waals surface area contributed by atoms with E-state index in [1.54, 1.807) is 18.3 Å². The Balaban J connectivity index is 1.84.